The van der Waals surface area contributed by atoms with Gasteiger partial charge in [0.1, 0.15) is 4.58 Å². The highest BCUT2D eigenvalue weighted by molar-refractivity contribution is 8.18. The molecule has 0 spiro atoms. The lowest BCUT2D eigenvalue weighted by Gasteiger charge is -2.17. The molecule has 0 radical (unpaired) electrons. The third-order valence-corrected chi connectivity index (χ3v) is 4.29. The SMILES string of the molecule is CC(=O)C1SCCCS1. The summed E-state index contributed by atoms with van der Waals surface area (Å²) in [5, 5.41) is 0. The second-order valence-electron chi connectivity index (χ2n) is 2.04. The van der Waals surface area contributed by atoms with Crippen LogP contribution in [-0.2, 0) is 4.79 Å². The van der Waals surface area contributed by atoms with E-state index >= 15 is 0 Å². The molecule has 0 atom stereocenters. The van der Waals surface area contributed by atoms with E-state index in [2.05, 4.69) is 0 Å². The Morgan fingerprint density at radius 1 is 1.44 bits per heavy atom. The molecule has 0 aromatic heterocycles. The van der Waals surface area contributed by atoms with Crippen molar-refractivity contribution in [3.63, 3.8) is 0 Å². The van der Waals surface area contributed by atoms with E-state index in [0.29, 0.717) is 5.78 Å². The summed E-state index contributed by atoms with van der Waals surface area (Å²) in [4.78, 5) is 10.8. The van der Waals surface area contributed by atoms with Crippen LogP contribution in [0.2, 0.25) is 0 Å². The van der Waals surface area contributed by atoms with E-state index in [0.717, 1.165) is 11.5 Å². The molecule has 1 fully saturated rings. The summed E-state index contributed by atoms with van der Waals surface area (Å²) in [5.74, 6) is 2.65. The molecule has 0 amide bonds. The first-order valence-corrected chi connectivity index (χ1v) is 5.14. The number of Topliss-reactive ketones (excluding diaryl/α,β-unsaturated/α-hetero) is 1. The summed E-state index contributed by atoms with van der Waals surface area (Å²) in [7, 11) is 0. The van der Waals surface area contributed by atoms with Crippen molar-refractivity contribution in [2.45, 2.75) is 17.9 Å². The molecule has 1 aliphatic rings. The monoisotopic (exact) mass is 162 g/mol. The molecule has 0 N–H and O–H groups in total. The molecule has 1 heterocycles. The predicted molar refractivity (Wildman–Crippen MR) is 44.0 cm³/mol. The van der Waals surface area contributed by atoms with Crippen LogP contribution in [0, 0.1) is 0 Å². The number of hydrogen-bond acceptors (Lipinski definition) is 3. The lowest BCUT2D eigenvalue weighted by molar-refractivity contribution is -0.115. The van der Waals surface area contributed by atoms with Crippen molar-refractivity contribution >= 4 is 29.3 Å². The van der Waals surface area contributed by atoms with Gasteiger partial charge in [0.15, 0.2) is 5.78 Å². The van der Waals surface area contributed by atoms with Crippen LogP contribution < -0.4 is 0 Å². The van der Waals surface area contributed by atoms with Gasteiger partial charge in [-0.2, -0.15) is 0 Å². The zero-order valence-electron chi connectivity index (χ0n) is 5.42. The van der Waals surface area contributed by atoms with Crippen LogP contribution in [0.5, 0.6) is 0 Å². The van der Waals surface area contributed by atoms with Crippen LogP contribution in [0.1, 0.15) is 13.3 Å². The van der Waals surface area contributed by atoms with Gasteiger partial charge in [0, 0.05) is 0 Å². The smallest absolute Gasteiger partial charge is 0.152 e. The average molecular weight is 162 g/mol. The lowest BCUT2D eigenvalue weighted by atomic mass is 10.5. The maximum absolute atomic E-state index is 10.8. The van der Waals surface area contributed by atoms with Crippen LogP contribution >= 0.6 is 23.5 Å². The van der Waals surface area contributed by atoms with Gasteiger partial charge in [0.05, 0.1) is 0 Å². The number of rotatable bonds is 1. The quantitative estimate of drug-likeness (QED) is 0.585. The second kappa shape index (κ2) is 3.52. The van der Waals surface area contributed by atoms with Gasteiger partial charge < -0.3 is 0 Å². The Morgan fingerprint density at radius 2 is 2.00 bits per heavy atom. The standard InChI is InChI=1S/C6H10OS2/c1-5(7)6-8-3-2-4-9-6/h6H,2-4H2,1H3. The molecule has 0 bridgehead atoms. The fourth-order valence-corrected chi connectivity index (χ4v) is 3.39. The number of hydrogen-bond donors (Lipinski definition) is 0. The molecule has 3 heteroatoms. The van der Waals surface area contributed by atoms with Gasteiger partial charge in [-0.3, -0.25) is 4.79 Å². The Labute approximate surface area is 64.0 Å². The fraction of sp³-hybridized carbons (Fsp3) is 0.833. The van der Waals surface area contributed by atoms with E-state index < -0.39 is 0 Å². The molecule has 1 rings (SSSR count). The van der Waals surface area contributed by atoms with E-state index in [1.54, 1.807) is 30.4 Å². The summed E-state index contributed by atoms with van der Waals surface area (Å²) >= 11 is 3.57. The van der Waals surface area contributed by atoms with E-state index in [1.165, 1.54) is 6.42 Å². The molecule has 0 aliphatic carbocycles. The number of thioether (sulfide) groups is 2. The van der Waals surface area contributed by atoms with Crippen molar-refractivity contribution in [1.82, 2.24) is 0 Å². The van der Waals surface area contributed by atoms with E-state index in [4.69, 9.17) is 0 Å². The Hall–Kier alpha value is 0.370. The third kappa shape index (κ3) is 2.22. The molecular formula is C6H10OS2. The third-order valence-electron chi connectivity index (χ3n) is 1.16. The lowest BCUT2D eigenvalue weighted by Crippen LogP contribution is -2.14. The van der Waals surface area contributed by atoms with E-state index in [-0.39, 0.29) is 4.58 Å². The van der Waals surface area contributed by atoms with Crippen molar-refractivity contribution in [2.24, 2.45) is 0 Å². The highest BCUT2D eigenvalue weighted by atomic mass is 32.2. The number of carbonyl (C=O) groups is 1. The van der Waals surface area contributed by atoms with Crippen LogP contribution in [0.4, 0.5) is 0 Å². The molecular weight excluding hydrogens is 152 g/mol. The van der Waals surface area contributed by atoms with Crippen molar-refractivity contribution in [1.29, 1.82) is 0 Å². The van der Waals surface area contributed by atoms with Gasteiger partial charge in [-0.05, 0) is 24.9 Å². The Morgan fingerprint density at radius 3 is 2.33 bits per heavy atom. The Bertz CT molecular complexity index is 108. The topological polar surface area (TPSA) is 17.1 Å². The minimum Gasteiger partial charge on any atom is -0.298 e. The highest BCUT2D eigenvalue weighted by Crippen LogP contribution is 2.30. The van der Waals surface area contributed by atoms with Crippen LogP contribution in [0.25, 0.3) is 0 Å². The molecule has 0 aromatic rings. The second-order valence-corrected chi connectivity index (χ2v) is 4.76. The first-order chi connectivity index (χ1) is 4.30. The normalized spacial score (nSPS) is 21.9. The molecule has 1 nitrogen and oxygen atoms in total. The zero-order chi connectivity index (χ0) is 6.69. The van der Waals surface area contributed by atoms with Gasteiger partial charge in [-0.1, -0.05) is 0 Å². The predicted octanol–water partition coefficient (Wildman–Crippen LogP) is 1.77. The minimum absolute atomic E-state index is 0.249. The van der Waals surface area contributed by atoms with Gasteiger partial charge in [-0.25, -0.2) is 0 Å². The van der Waals surface area contributed by atoms with Crippen molar-refractivity contribution in [2.75, 3.05) is 11.5 Å². The summed E-state index contributed by atoms with van der Waals surface area (Å²) in [6.07, 6.45) is 1.26. The maximum Gasteiger partial charge on any atom is 0.152 e. The van der Waals surface area contributed by atoms with Gasteiger partial charge in [-0.15, -0.1) is 23.5 Å². The van der Waals surface area contributed by atoms with E-state index in [1.807, 2.05) is 0 Å². The molecule has 1 saturated heterocycles. The number of ketones is 1. The summed E-state index contributed by atoms with van der Waals surface area (Å²) in [5.41, 5.74) is 0. The first kappa shape index (κ1) is 7.48. The first-order valence-electron chi connectivity index (χ1n) is 3.04. The number of carbonyl (C=O) groups excluding carboxylic acids is 1. The summed E-state index contributed by atoms with van der Waals surface area (Å²) in [6, 6.07) is 0. The molecule has 52 valence electrons. The summed E-state index contributed by atoms with van der Waals surface area (Å²) in [6.45, 7) is 1.68. The fourth-order valence-electron chi connectivity index (χ4n) is 0.722. The summed E-state index contributed by atoms with van der Waals surface area (Å²) < 4.78 is 0.249. The van der Waals surface area contributed by atoms with Gasteiger partial charge in [0.2, 0.25) is 0 Å². The molecule has 0 unspecified atom stereocenters. The van der Waals surface area contributed by atoms with Gasteiger partial charge >= 0.3 is 0 Å². The molecule has 0 aromatic carbocycles. The maximum atomic E-state index is 10.8. The minimum atomic E-state index is 0.249. The molecule has 1 aliphatic heterocycles. The Balaban J connectivity index is 2.31. The zero-order valence-corrected chi connectivity index (χ0v) is 7.06. The van der Waals surface area contributed by atoms with Crippen molar-refractivity contribution in [3.8, 4) is 0 Å². The van der Waals surface area contributed by atoms with Crippen molar-refractivity contribution < 1.29 is 4.79 Å². The average Bonchev–Trinajstić information content (AvgIpc) is 1.90. The van der Waals surface area contributed by atoms with Crippen LogP contribution in [-0.4, -0.2) is 21.9 Å². The Kier molecular flexibility index (Phi) is 2.92. The van der Waals surface area contributed by atoms with Crippen molar-refractivity contribution in [3.05, 3.63) is 0 Å². The van der Waals surface area contributed by atoms with E-state index in [9.17, 15) is 4.79 Å². The highest BCUT2D eigenvalue weighted by Gasteiger charge is 2.17. The largest absolute Gasteiger partial charge is 0.298 e. The van der Waals surface area contributed by atoms with Crippen LogP contribution in [0.15, 0.2) is 0 Å². The molecule has 9 heavy (non-hydrogen) atoms. The van der Waals surface area contributed by atoms with Gasteiger partial charge in [0.25, 0.3) is 0 Å². The molecule has 0 saturated carbocycles. The van der Waals surface area contributed by atoms with Crippen LogP contribution in [0.3, 0.4) is 0 Å².